The summed E-state index contributed by atoms with van der Waals surface area (Å²) >= 11 is 0. The van der Waals surface area contributed by atoms with Gasteiger partial charge in [0.1, 0.15) is 0 Å². The molecule has 0 radical (unpaired) electrons. The van der Waals surface area contributed by atoms with Gasteiger partial charge in [0, 0.05) is 26.5 Å². The molecule has 0 unspecified atom stereocenters. The van der Waals surface area contributed by atoms with Crippen molar-refractivity contribution in [2.75, 3.05) is 33.5 Å². The largest absolute Gasteiger partial charge is 0.382 e. The number of carbonyl (C=O) groups is 1. The first kappa shape index (κ1) is 15.5. The summed E-state index contributed by atoms with van der Waals surface area (Å²) in [6.07, 6.45) is 4.04. The summed E-state index contributed by atoms with van der Waals surface area (Å²) in [6.45, 7) is 2.28. The summed E-state index contributed by atoms with van der Waals surface area (Å²) < 4.78 is 23.4. The van der Waals surface area contributed by atoms with Crippen LogP contribution in [0.5, 0.6) is 0 Å². The summed E-state index contributed by atoms with van der Waals surface area (Å²) in [7, 11) is 1.62. The molecule has 0 aliphatic rings. The third-order valence-corrected chi connectivity index (χ3v) is 2.45. The van der Waals surface area contributed by atoms with Gasteiger partial charge in [-0.05, 0) is 18.9 Å². The molecule has 0 aliphatic carbocycles. The van der Waals surface area contributed by atoms with Crippen molar-refractivity contribution in [3.05, 3.63) is 29.8 Å². The molecule has 1 aromatic heterocycles. The third kappa shape index (κ3) is 6.26. The average Bonchev–Trinajstić information content (AvgIpc) is 2.42. The number of hydrogen-bond acceptors (Lipinski definition) is 4. The molecule has 1 rings (SSSR count). The Bertz CT molecular complexity index is 388. The lowest BCUT2D eigenvalue weighted by atomic mass is 10.2. The van der Waals surface area contributed by atoms with Gasteiger partial charge in [-0.15, -0.1) is 0 Å². The highest BCUT2D eigenvalue weighted by molar-refractivity contribution is 5.94. The van der Waals surface area contributed by atoms with E-state index >= 15 is 0 Å². The number of ether oxygens (including phenoxy) is 2. The van der Waals surface area contributed by atoms with Gasteiger partial charge < -0.3 is 14.8 Å². The van der Waals surface area contributed by atoms with Gasteiger partial charge in [0.15, 0.2) is 5.82 Å². The van der Waals surface area contributed by atoms with E-state index in [1.807, 2.05) is 0 Å². The molecule has 0 fully saturated rings. The van der Waals surface area contributed by atoms with Gasteiger partial charge in [-0.1, -0.05) is 0 Å². The van der Waals surface area contributed by atoms with E-state index in [0.29, 0.717) is 26.4 Å². The quantitative estimate of drug-likeness (QED) is 0.689. The Hall–Kier alpha value is -1.53. The highest BCUT2D eigenvalue weighted by atomic mass is 19.1. The molecule has 19 heavy (non-hydrogen) atoms. The van der Waals surface area contributed by atoms with Crippen LogP contribution in [0.4, 0.5) is 4.39 Å². The predicted molar refractivity (Wildman–Crippen MR) is 68.5 cm³/mol. The first-order valence-electron chi connectivity index (χ1n) is 6.20. The Labute approximate surface area is 112 Å². The molecule has 0 saturated heterocycles. The zero-order valence-electron chi connectivity index (χ0n) is 11.0. The van der Waals surface area contributed by atoms with Gasteiger partial charge in [0.25, 0.3) is 5.91 Å². The van der Waals surface area contributed by atoms with E-state index in [1.165, 1.54) is 12.3 Å². The Morgan fingerprint density at radius 1 is 1.37 bits per heavy atom. The minimum Gasteiger partial charge on any atom is -0.382 e. The Balaban J connectivity index is 2.10. The topological polar surface area (TPSA) is 60.5 Å². The molecule has 0 saturated carbocycles. The fourth-order valence-corrected chi connectivity index (χ4v) is 1.43. The monoisotopic (exact) mass is 270 g/mol. The van der Waals surface area contributed by atoms with Crippen LogP contribution in [0.1, 0.15) is 23.2 Å². The molecule has 0 bridgehead atoms. The molecular formula is C13H19FN2O3. The number of halogens is 1. The van der Waals surface area contributed by atoms with E-state index < -0.39 is 11.7 Å². The molecule has 1 N–H and O–H groups in total. The average molecular weight is 270 g/mol. The highest BCUT2D eigenvalue weighted by Gasteiger charge is 2.09. The fourth-order valence-electron chi connectivity index (χ4n) is 1.43. The fraction of sp³-hybridized carbons (Fsp3) is 0.538. The maximum Gasteiger partial charge on any atom is 0.254 e. The molecule has 1 aromatic rings. The zero-order valence-corrected chi connectivity index (χ0v) is 11.0. The number of unbranched alkanes of at least 4 members (excludes halogenated alkanes) is 1. The molecule has 0 spiro atoms. The summed E-state index contributed by atoms with van der Waals surface area (Å²) in [5.74, 6) is -1.02. The van der Waals surface area contributed by atoms with Crippen molar-refractivity contribution in [2.24, 2.45) is 0 Å². The standard InChI is InChI=1S/C13H19FN2O3/c1-18-8-9-19-7-3-2-5-16-13(17)11-4-6-15-10-12(11)14/h4,6,10H,2-3,5,7-9H2,1H3,(H,16,17). The number of rotatable bonds is 9. The number of pyridine rings is 1. The van der Waals surface area contributed by atoms with Crippen LogP contribution in [0.15, 0.2) is 18.5 Å². The number of amides is 1. The molecule has 5 nitrogen and oxygen atoms in total. The predicted octanol–water partition coefficient (Wildman–Crippen LogP) is 1.39. The van der Waals surface area contributed by atoms with Crippen LogP contribution in [-0.4, -0.2) is 44.4 Å². The maximum absolute atomic E-state index is 13.2. The van der Waals surface area contributed by atoms with Crippen LogP contribution in [0, 0.1) is 5.82 Å². The summed E-state index contributed by atoms with van der Waals surface area (Å²) in [4.78, 5) is 15.2. The SMILES string of the molecule is COCCOCCCCNC(=O)c1ccncc1F. The van der Waals surface area contributed by atoms with E-state index in [9.17, 15) is 9.18 Å². The molecule has 1 amide bonds. The van der Waals surface area contributed by atoms with Crippen LogP contribution >= 0.6 is 0 Å². The second kappa shape index (κ2) is 9.41. The van der Waals surface area contributed by atoms with Crippen LogP contribution in [0.25, 0.3) is 0 Å². The van der Waals surface area contributed by atoms with Gasteiger partial charge in [-0.25, -0.2) is 4.39 Å². The lowest BCUT2D eigenvalue weighted by Gasteiger charge is -2.06. The molecule has 6 heteroatoms. The lowest BCUT2D eigenvalue weighted by Crippen LogP contribution is -2.25. The van der Waals surface area contributed by atoms with Crippen molar-refractivity contribution in [2.45, 2.75) is 12.8 Å². The van der Waals surface area contributed by atoms with Gasteiger partial charge in [-0.2, -0.15) is 0 Å². The summed E-state index contributed by atoms with van der Waals surface area (Å²) in [5, 5.41) is 2.65. The molecule has 0 aliphatic heterocycles. The van der Waals surface area contributed by atoms with Crippen LogP contribution in [0.2, 0.25) is 0 Å². The first-order valence-corrected chi connectivity index (χ1v) is 6.20. The van der Waals surface area contributed by atoms with Crippen molar-refractivity contribution in [3.63, 3.8) is 0 Å². The number of nitrogens with one attached hydrogen (secondary N) is 1. The normalized spacial score (nSPS) is 10.4. The van der Waals surface area contributed by atoms with Crippen molar-refractivity contribution >= 4 is 5.91 Å². The van der Waals surface area contributed by atoms with Gasteiger partial charge in [0.05, 0.1) is 25.0 Å². The van der Waals surface area contributed by atoms with E-state index in [1.54, 1.807) is 7.11 Å². The van der Waals surface area contributed by atoms with Crippen LogP contribution < -0.4 is 5.32 Å². The number of carbonyl (C=O) groups excluding carboxylic acids is 1. The third-order valence-electron chi connectivity index (χ3n) is 2.45. The number of hydrogen-bond donors (Lipinski definition) is 1. The zero-order chi connectivity index (χ0) is 13.9. The number of aromatic nitrogens is 1. The number of nitrogens with zero attached hydrogens (tertiary/aromatic N) is 1. The Morgan fingerprint density at radius 2 is 2.21 bits per heavy atom. The van der Waals surface area contributed by atoms with Crippen molar-refractivity contribution in [1.82, 2.24) is 10.3 Å². The molecule has 1 heterocycles. The highest BCUT2D eigenvalue weighted by Crippen LogP contribution is 2.03. The Kier molecular flexibility index (Phi) is 7.69. The molecule has 0 aromatic carbocycles. The Morgan fingerprint density at radius 3 is 2.95 bits per heavy atom. The smallest absolute Gasteiger partial charge is 0.254 e. The number of methoxy groups -OCH3 is 1. The summed E-state index contributed by atoms with van der Waals surface area (Å²) in [5.41, 5.74) is 0.0198. The maximum atomic E-state index is 13.2. The minimum absolute atomic E-state index is 0.0198. The molecule has 0 atom stereocenters. The molecular weight excluding hydrogens is 251 g/mol. The van der Waals surface area contributed by atoms with E-state index in [2.05, 4.69) is 10.3 Å². The summed E-state index contributed by atoms with van der Waals surface area (Å²) in [6, 6.07) is 1.36. The lowest BCUT2D eigenvalue weighted by molar-refractivity contribution is 0.0686. The van der Waals surface area contributed by atoms with E-state index in [-0.39, 0.29) is 5.56 Å². The van der Waals surface area contributed by atoms with Crippen LogP contribution in [0.3, 0.4) is 0 Å². The van der Waals surface area contributed by atoms with Gasteiger partial charge >= 0.3 is 0 Å². The first-order chi connectivity index (χ1) is 9.25. The molecule has 106 valence electrons. The second-order valence-corrected chi connectivity index (χ2v) is 3.92. The van der Waals surface area contributed by atoms with Crippen molar-refractivity contribution in [1.29, 1.82) is 0 Å². The van der Waals surface area contributed by atoms with Gasteiger partial charge in [-0.3, -0.25) is 9.78 Å². The van der Waals surface area contributed by atoms with Crippen molar-refractivity contribution in [3.8, 4) is 0 Å². The van der Waals surface area contributed by atoms with Crippen molar-refractivity contribution < 1.29 is 18.7 Å². The van der Waals surface area contributed by atoms with Gasteiger partial charge in [0.2, 0.25) is 0 Å². The second-order valence-electron chi connectivity index (χ2n) is 3.92. The minimum atomic E-state index is -0.608. The van der Waals surface area contributed by atoms with E-state index in [0.717, 1.165) is 19.0 Å². The van der Waals surface area contributed by atoms with E-state index in [4.69, 9.17) is 9.47 Å². The van der Waals surface area contributed by atoms with Crippen LogP contribution in [-0.2, 0) is 9.47 Å².